The molecule has 0 aromatic heterocycles. The second kappa shape index (κ2) is 7.54. The Morgan fingerprint density at radius 2 is 1.24 bits per heavy atom. The van der Waals surface area contributed by atoms with Gasteiger partial charge in [-0.1, -0.05) is 84.9 Å². The van der Waals surface area contributed by atoms with Crippen LogP contribution in [0.15, 0.2) is 90.5 Å². The second-order valence-corrected chi connectivity index (χ2v) is 5.77. The highest BCUT2D eigenvalue weighted by atomic mass is 16.1. The van der Waals surface area contributed by atoms with Gasteiger partial charge in [0.1, 0.15) is 0 Å². The van der Waals surface area contributed by atoms with Crippen molar-refractivity contribution in [1.82, 2.24) is 0 Å². The molecule has 25 heavy (non-hydrogen) atoms. The summed E-state index contributed by atoms with van der Waals surface area (Å²) < 4.78 is 0. The van der Waals surface area contributed by atoms with Crippen molar-refractivity contribution in [1.29, 1.82) is 0 Å². The van der Waals surface area contributed by atoms with Gasteiger partial charge >= 0.3 is 0 Å². The molecule has 0 unspecified atom stereocenters. The third-order valence-corrected chi connectivity index (χ3v) is 4.17. The maximum Gasteiger partial charge on any atom is 0.189 e. The number of rotatable bonds is 5. The molecule has 0 aliphatic heterocycles. The molecular formula is C23H18O2. The van der Waals surface area contributed by atoms with E-state index in [9.17, 15) is 9.59 Å². The molecule has 0 amide bonds. The molecule has 3 aromatic carbocycles. The fourth-order valence-electron chi connectivity index (χ4n) is 2.93. The van der Waals surface area contributed by atoms with Gasteiger partial charge in [0, 0.05) is 16.7 Å². The molecule has 0 heterocycles. The molecule has 0 N–H and O–H groups in total. The summed E-state index contributed by atoms with van der Waals surface area (Å²) >= 11 is 0. The fraction of sp³-hybridized carbons (Fsp3) is 0.0435. The summed E-state index contributed by atoms with van der Waals surface area (Å²) in [5, 5.41) is 0. The van der Waals surface area contributed by atoms with E-state index in [0.29, 0.717) is 16.7 Å². The van der Waals surface area contributed by atoms with Gasteiger partial charge in [0.2, 0.25) is 0 Å². The van der Waals surface area contributed by atoms with Crippen molar-refractivity contribution in [2.75, 3.05) is 0 Å². The van der Waals surface area contributed by atoms with Gasteiger partial charge in [0.15, 0.2) is 12.1 Å². The zero-order valence-corrected chi connectivity index (χ0v) is 14.0. The van der Waals surface area contributed by atoms with Crippen LogP contribution in [0, 0.1) is 0 Å². The maximum absolute atomic E-state index is 13.0. The molecule has 2 nitrogen and oxygen atoms in total. The molecule has 0 saturated heterocycles. The summed E-state index contributed by atoms with van der Waals surface area (Å²) in [7, 11) is 0. The van der Waals surface area contributed by atoms with Gasteiger partial charge in [-0.25, -0.2) is 0 Å². The van der Waals surface area contributed by atoms with E-state index in [2.05, 4.69) is 0 Å². The quantitative estimate of drug-likeness (QED) is 0.367. The Labute approximate surface area is 147 Å². The summed E-state index contributed by atoms with van der Waals surface area (Å²) in [5.74, 6) is -0.0415. The average Bonchev–Trinajstić information content (AvgIpc) is 2.69. The number of allylic oxidation sites excluding steroid dienone is 1. The highest BCUT2D eigenvalue weighted by molar-refractivity contribution is 6.15. The van der Waals surface area contributed by atoms with Gasteiger partial charge in [-0.2, -0.15) is 0 Å². The van der Waals surface area contributed by atoms with Gasteiger partial charge in [-0.05, 0) is 23.6 Å². The summed E-state index contributed by atoms with van der Waals surface area (Å²) in [6.07, 6.45) is 0.832. The highest BCUT2D eigenvalue weighted by Gasteiger charge is 2.18. The zero-order valence-electron chi connectivity index (χ0n) is 14.0. The Kier molecular flexibility index (Phi) is 5.00. The summed E-state index contributed by atoms with van der Waals surface area (Å²) in [6, 6.07) is 26.3. The first kappa shape index (κ1) is 16.6. The number of carbonyl (C=O) groups excluding carboxylic acids is 2. The van der Waals surface area contributed by atoms with E-state index in [-0.39, 0.29) is 5.78 Å². The molecule has 2 heteroatoms. The average molecular weight is 326 g/mol. The van der Waals surface area contributed by atoms with Gasteiger partial charge in [-0.15, -0.1) is 0 Å². The van der Waals surface area contributed by atoms with Crippen LogP contribution in [0.4, 0.5) is 0 Å². The van der Waals surface area contributed by atoms with E-state index in [4.69, 9.17) is 0 Å². The van der Waals surface area contributed by atoms with Crippen molar-refractivity contribution >= 4 is 17.6 Å². The smallest absolute Gasteiger partial charge is 0.189 e. The van der Waals surface area contributed by atoms with E-state index in [1.54, 1.807) is 18.2 Å². The minimum absolute atomic E-state index is 0.0415. The highest BCUT2D eigenvalue weighted by Crippen LogP contribution is 2.30. The number of carbonyl (C=O) groups is 2. The van der Waals surface area contributed by atoms with Crippen LogP contribution in [-0.2, 0) is 0 Å². The Hall–Kier alpha value is -3.26. The first-order valence-corrected chi connectivity index (χ1v) is 8.13. The Bertz CT molecular complexity index is 923. The third kappa shape index (κ3) is 3.48. The standard InChI is InChI=1S/C23H18O2/c1-17(23(25)19-12-6-3-7-13-19)22(18-10-4-2-5-11-18)21-15-9-8-14-20(21)16-24/h2-16H,1H3/b22-17-. The normalized spacial score (nSPS) is 11.6. The lowest BCUT2D eigenvalue weighted by molar-refractivity contribution is 0.103. The molecule has 0 radical (unpaired) electrons. The Morgan fingerprint density at radius 1 is 0.720 bits per heavy atom. The van der Waals surface area contributed by atoms with Gasteiger partial charge in [0.05, 0.1) is 0 Å². The lowest BCUT2D eigenvalue weighted by Gasteiger charge is -2.15. The molecule has 0 saturated carbocycles. The number of hydrogen-bond acceptors (Lipinski definition) is 2. The van der Waals surface area contributed by atoms with E-state index in [1.807, 2.05) is 73.7 Å². The van der Waals surface area contributed by atoms with Crippen LogP contribution in [0.3, 0.4) is 0 Å². The van der Waals surface area contributed by atoms with Crippen LogP contribution < -0.4 is 0 Å². The van der Waals surface area contributed by atoms with E-state index < -0.39 is 0 Å². The third-order valence-electron chi connectivity index (χ3n) is 4.17. The predicted molar refractivity (Wildman–Crippen MR) is 101 cm³/mol. The molecular weight excluding hydrogens is 308 g/mol. The number of benzene rings is 3. The number of ketones is 1. The van der Waals surface area contributed by atoms with Crippen LogP contribution in [0.5, 0.6) is 0 Å². The second-order valence-electron chi connectivity index (χ2n) is 5.77. The molecule has 122 valence electrons. The van der Waals surface area contributed by atoms with Crippen molar-refractivity contribution in [2.24, 2.45) is 0 Å². The van der Waals surface area contributed by atoms with E-state index in [0.717, 1.165) is 23.0 Å². The topological polar surface area (TPSA) is 34.1 Å². The van der Waals surface area contributed by atoms with Crippen LogP contribution in [0.2, 0.25) is 0 Å². The Morgan fingerprint density at radius 3 is 1.84 bits per heavy atom. The predicted octanol–water partition coefficient (Wildman–Crippen LogP) is 5.20. The van der Waals surface area contributed by atoms with Crippen molar-refractivity contribution in [3.63, 3.8) is 0 Å². The lowest BCUT2D eigenvalue weighted by atomic mass is 9.88. The number of Topliss-reactive ketones (excluding diaryl/α,β-unsaturated/α-hetero) is 1. The van der Waals surface area contributed by atoms with Crippen molar-refractivity contribution < 1.29 is 9.59 Å². The first-order valence-electron chi connectivity index (χ1n) is 8.13. The van der Waals surface area contributed by atoms with Gasteiger partial charge in [-0.3, -0.25) is 9.59 Å². The largest absolute Gasteiger partial charge is 0.298 e. The maximum atomic E-state index is 13.0. The lowest BCUT2D eigenvalue weighted by Crippen LogP contribution is -2.06. The van der Waals surface area contributed by atoms with Crippen LogP contribution in [0.1, 0.15) is 38.8 Å². The molecule has 0 spiro atoms. The number of hydrogen-bond donors (Lipinski definition) is 0. The molecule has 0 aliphatic carbocycles. The van der Waals surface area contributed by atoms with Crippen LogP contribution in [-0.4, -0.2) is 12.1 Å². The zero-order chi connectivity index (χ0) is 17.6. The van der Waals surface area contributed by atoms with E-state index in [1.165, 1.54) is 0 Å². The van der Waals surface area contributed by atoms with Crippen molar-refractivity contribution in [2.45, 2.75) is 6.92 Å². The fourth-order valence-corrected chi connectivity index (χ4v) is 2.93. The molecule has 0 aliphatic rings. The number of aldehydes is 1. The minimum Gasteiger partial charge on any atom is -0.298 e. The Balaban J connectivity index is 2.24. The van der Waals surface area contributed by atoms with Crippen LogP contribution in [0.25, 0.3) is 5.57 Å². The van der Waals surface area contributed by atoms with Crippen molar-refractivity contribution in [3.05, 3.63) is 113 Å². The van der Waals surface area contributed by atoms with Crippen LogP contribution >= 0.6 is 0 Å². The monoisotopic (exact) mass is 326 g/mol. The SMILES string of the molecule is C/C(C(=O)c1ccccc1)=C(\c1ccccc1)c1ccccc1C=O. The summed E-state index contributed by atoms with van der Waals surface area (Å²) in [5.41, 5.74) is 4.30. The molecule has 3 aromatic rings. The minimum atomic E-state index is -0.0415. The summed E-state index contributed by atoms with van der Waals surface area (Å²) in [4.78, 5) is 24.5. The van der Waals surface area contributed by atoms with Crippen molar-refractivity contribution in [3.8, 4) is 0 Å². The molecule has 0 atom stereocenters. The summed E-state index contributed by atoms with van der Waals surface area (Å²) in [6.45, 7) is 1.82. The molecule has 3 rings (SSSR count). The molecule has 0 bridgehead atoms. The van der Waals surface area contributed by atoms with E-state index >= 15 is 0 Å². The first-order chi connectivity index (χ1) is 12.2. The molecule has 0 fully saturated rings. The van der Waals surface area contributed by atoms with Gasteiger partial charge < -0.3 is 0 Å². The van der Waals surface area contributed by atoms with Gasteiger partial charge in [0.25, 0.3) is 0 Å².